The molecule has 0 radical (unpaired) electrons. The van der Waals surface area contributed by atoms with E-state index in [-0.39, 0.29) is 5.91 Å². The van der Waals surface area contributed by atoms with Gasteiger partial charge in [-0.3, -0.25) is 23.8 Å². The first-order valence-electron chi connectivity index (χ1n) is 14.5. The molecule has 1 saturated heterocycles. The van der Waals surface area contributed by atoms with Crippen LogP contribution in [-0.2, 0) is 6.54 Å². The second-order valence-corrected chi connectivity index (χ2v) is 10.9. The second kappa shape index (κ2) is 13.6. The number of nitrogens with zero attached hydrogens (tertiary/aromatic N) is 7. The van der Waals surface area contributed by atoms with E-state index in [2.05, 4.69) is 43.3 Å². The summed E-state index contributed by atoms with van der Waals surface area (Å²) in [5.41, 5.74) is 4.89. The van der Waals surface area contributed by atoms with Crippen molar-refractivity contribution < 1.29 is 9.53 Å². The topological polar surface area (TPSA) is 92.3 Å². The number of benzene rings is 1. The summed E-state index contributed by atoms with van der Waals surface area (Å²) in [6, 6.07) is 9.58. The number of anilines is 1. The average molecular weight is 569 g/mol. The van der Waals surface area contributed by atoms with Gasteiger partial charge >= 0.3 is 0 Å². The Morgan fingerprint density at radius 1 is 1.14 bits per heavy atom. The molecular weight excluding hydrogens is 528 g/mol. The molecule has 1 aliphatic heterocycles. The van der Waals surface area contributed by atoms with E-state index in [9.17, 15) is 4.79 Å². The average Bonchev–Trinajstić information content (AvgIpc) is 3.60. The number of fused-ring (bicyclic) bond motifs is 2. The first kappa shape index (κ1) is 29.2. The minimum Gasteiger partial charge on any atom is -0.492 e. The van der Waals surface area contributed by atoms with Crippen LogP contribution in [0, 0.1) is 0 Å². The third kappa shape index (κ3) is 7.13. The smallest absolute Gasteiger partial charge is 0.274 e. The number of piperazine rings is 1. The number of carbonyl (C=O) groups is 1. The lowest BCUT2D eigenvalue weighted by Gasteiger charge is -2.32. The Morgan fingerprint density at radius 2 is 1.98 bits per heavy atom. The summed E-state index contributed by atoms with van der Waals surface area (Å²) < 4.78 is 9.73. The molecule has 1 fully saturated rings. The van der Waals surface area contributed by atoms with Gasteiger partial charge < -0.3 is 15.0 Å². The van der Waals surface area contributed by atoms with Crippen LogP contribution in [0.5, 0.6) is 5.75 Å². The van der Waals surface area contributed by atoms with E-state index in [4.69, 9.17) is 4.74 Å². The number of likely N-dealkylation sites (N-methyl/N-ethyl adjacent to an activating group) is 1. The van der Waals surface area contributed by atoms with E-state index in [1.54, 1.807) is 16.8 Å². The van der Waals surface area contributed by atoms with Crippen molar-refractivity contribution in [1.82, 2.24) is 29.0 Å². The maximum Gasteiger partial charge on any atom is 0.274 e. The molecule has 42 heavy (non-hydrogen) atoms. The minimum atomic E-state index is -0.243. The Balaban J connectivity index is 1.26. The lowest BCUT2D eigenvalue weighted by atomic mass is 10.1. The number of imidazole rings is 1. The van der Waals surface area contributed by atoms with Gasteiger partial charge in [0.25, 0.3) is 5.91 Å². The van der Waals surface area contributed by atoms with Crippen molar-refractivity contribution in [3.05, 3.63) is 78.5 Å². The molecule has 0 atom stereocenters. The highest BCUT2D eigenvalue weighted by Crippen LogP contribution is 2.25. The van der Waals surface area contributed by atoms with E-state index >= 15 is 0 Å². The maximum absolute atomic E-state index is 13.4. The van der Waals surface area contributed by atoms with Crippen LogP contribution in [0.2, 0.25) is 0 Å². The van der Waals surface area contributed by atoms with Crippen molar-refractivity contribution in [2.45, 2.75) is 33.7 Å². The van der Waals surface area contributed by atoms with Crippen LogP contribution in [0.4, 0.5) is 5.69 Å². The monoisotopic (exact) mass is 568 g/mol. The molecule has 0 saturated carbocycles. The molecular formula is C32H40N8O2. The Kier molecular flexibility index (Phi) is 9.45. The number of amides is 1. The van der Waals surface area contributed by atoms with Gasteiger partial charge in [0, 0.05) is 62.3 Å². The zero-order valence-electron chi connectivity index (χ0n) is 25.0. The first-order chi connectivity index (χ1) is 20.4. The van der Waals surface area contributed by atoms with Crippen molar-refractivity contribution in [3.8, 4) is 5.75 Å². The van der Waals surface area contributed by atoms with Gasteiger partial charge in [-0.05, 0) is 58.0 Å². The van der Waals surface area contributed by atoms with Crippen molar-refractivity contribution >= 4 is 33.9 Å². The molecule has 4 heterocycles. The number of carbonyl (C=O) groups excluding carboxylic acids is 1. The van der Waals surface area contributed by atoms with E-state index in [0.717, 1.165) is 67.1 Å². The predicted octanol–water partition coefficient (Wildman–Crippen LogP) is 4.89. The Hall–Kier alpha value is -4.28. The van der Waals surface area contributed by atoms with Crippen LogP contribution in [0.1, 0.15) is 37.7 Å². The molecule has 0 unspecified atom stereocenters. The van der Waals surface area contributed by atoms with Gasteiger partial charge in [-0.1, -0.05) is 18.2 Å². The van der Waals surface area contributed by atoms with E-state index in [1.165, 1.54) is 0 Å². The molecule has 1 N–H and O–H groups in total. The number of aliphatic imine (C=N–C) groups is 1. The summed E-state index contributed by atoms with van der Waals surface area (Å²) in [5.74, 6) is 0.502. The third-order valence-corrected chi connectivity index (χ3v) is 7.40. The largest absolute Gasteiger partial charge is 0.492 e. The molecule has 220 valence electrons. The fourth-order valence-corrected chi connectivity index (χ4v) is 4.95. The van der Waals surface area contributed by atoms with Gasteiger partial charge in [0.15, 0.2) is 0 Å². The molecule has 0 bridgehead atoms. The zero-order valence-corrected chi connectivity index (χ0v) is 25.0. The minimum absolute atomic E-state index is 0.243. The molecule has 10 nitrogen and oxygen atoms in total. The highest BCUT2D eigenvalue weighted by molar-refractivity contribution is 6.08. The number of rotatable bonds is 11. The fraction of sp³-hybridized carbons (Fsp3) is 0.375. The van der Waals surface area contributed by atoms with Crippen LogP contribution in [0.3, 0.4) is 0 Å². The number of ether oxygens (including phenoxy) is 1. The summed E-state index contributed by atoms with van der Waals surface area (Å²) in [7, 11) is 2.16. The number of aromatic nitrogens is 4. The molecule has 1 amide bonds. The molecule has 5 rings (SSSR count). The fourth-order valence-electron chi connectivity index (χ4n) is 4.95. The molecule has 10 heteroatoms. The number of hydrogen-bond donors (Lipinski definition) is 1. The number of pyridine rings is 1. The Morgan fingerprint density at radius 3 is 2.76 bits per heavy atom. The van der Waals surface area contributed by atoms with Crippen LogP contribution >= 0.6 is 0 Å². The molecule has 1 aromatic carbocycles. The summed E-state index contributed by atoms with van der Waals surface area (Å²) in [4.78, 5) is 27.1. The van der Waals surface area contributed by atoms with Crippen LogP contribution in [-0.4, -0.2) is 87.0 Å². The SMILES string of the molecule is C/C=C/C/C(=C\N=C(C)C)Cn1ncc2c(NC(=O)c3cnc4cc(OCCN5CCN(C)CC5)ccn34)cccc21. The first-order valence-corrected chi connectivity index (χ1v) is 14.5. The Labute approximate surface area is 247 Å². The molecule has 1 aliphatic rings. The molecule has 0 spiro atoms. The van der Waals surface area contributed by atoms with Crippen LogP contribution in [0.25, 0.3) is 16.6 Å². The van der Waals surface area contributed by atoms with Crippen molar-refractivity contribution in [2.75, 3.05) is 51.7 Å². The van der Waals surface area contributed by atoms with Crippen LogP contribution < -0.4 is 10.1 Å². The van der Waals surface area contributed by atoms with Crippen LogP contribution in [0.15, 0.2) is 77.8 Å². The lowest BCUT2D eigenvalue weighted by molar-refractivity contribution is 0.102. The van der Waals surface area contributed by atoms with Gasteiger partial charge in [-0.15, -0.1) is 0 Å². The quantitative estimate of drug-likeness (QED) is 0.205. The molecule has 3 aromatic heterocycles. The summed E-state index contributed by atoms with van der Waals surface area (Å²) in [6.45, 7) is 12.4. The van der Waals surface area contributed by atoms with Crippen molar-refractivity contribution in [3.63, 3.8) is 0 Å². The third-order valence-electron chi connectivity index (χ3n) is 7.40. The number of nitrogens with one attached hydrogen (secondary N) is 1. The summed E-state index contributed by atoms with van der Waals surface area (Å²) in [5, 5.41) is 8.57. The predicted molar refractivity (Wildman–Crippen MR) is 169 cm³/mol. The van der Waals surface area contributed by atoms with Gasteiger partial charge in [0.2, 0.25) is 0 Å². The summed E-state index contributed by atoms with van der Waals surface area (Å²) in [6.07, 6.45) is 12.1. The van der Waals surface area contributed by atoms with Gasteiger partial charge in [-0.25, -0.2) is 4.98 Å². The van der Waals surface area contributed by atoms with Gasteiger partial charge in [0.05, 0.1) is 30.1 Å². The zero-order chi connectivity index (χ0) is 29.5. The Bertz CT molecular complexity index is 1620. The maximum atomic E-state index is 13.4. The highest BCUT2D eigenvalue weighted by atomic mass is 16.5. The van der Waals surface area contributed by atoms with E-state index in [1.807, 2.05) is 74.3 Å². The molecule has 4 aromatic rings. The van der Waals surface area contributed by atoms with E-state index in [0.29, 0.717) is 30.2 Å². The van der Waals surface area contributed by atoms with Gasteiger partial charge in [-0.2, -0.15) is 5.10 Å². The van der Waals surface area contributed by atoms with E-state index < -0.39 is 0 Å². The molecule has 0 aliphatic carbocycles. The van der Waals surface area contributed by atoms with Crippen molar-refractivity contribution in [1.29, 1.82) is 0 Å². The normalized spacial score (nSPS) is 15.1. The number of allylic oxidation sites excluding steroid dienone is 3. The second-order valence-electron chi connectivity index (χ2n) is 10.9. The number of hydrogen-bond acceptors (Lipinski definition) is 7. The standard InChI is InChI=1S/C32H40N8O2/c1-5-6-8-25(20-33-24(2)3)23-40-29-10-7-9-28(27(29)21-35-40)36-32(41)30-22-34-31-19-26(11-12-39(30)31)42-18-17-38-15-13-37(4)14-16-38/h5-7,9-12,19-22H,8,13-18,23H2,1-4H3,(H,36,41)/b6-5+,25-20+. The van der Waals surface area contributed by atoms with Crippen molar-refractivity contribution in [2.24, 2.45) is 4.99 Å². The lowest BCUT2D eigenvalue weighted by Crippen LogP contribution is -2.45. The van der Waals surface area contributed by atoms with Gasteiger partial charge in [0.1, 0.15) is 23.7 Å². The summed E-state index contributed by atoms with van der Waals surface area (Å²) >= 11 is 0. The highest BCUT2D eigenvalue weighted by Gasteiger charge is 2.17.